The average Bonchev–Trinajstić information content (AvgIpc) is 3.72. The number of phosphoric ester groups is 1. The number of fused-ring (bicyclic) bond motifs is 1. The number of phosphoric acid groups is 1. The lowest BCUT2D eigenvalue weighted by molar-refractivity contribution is -0.110. The van der Waals surface area contributed by atoms with E-state index in [2.05, 4.69) is 17.0 Å². The van der Waals surface area contributed by atoms with Gasteiger partial charge < -0.3 is 39.9 Å². The second-order valence-electron chi connectivity index (χ2n) is 14.8. The molecule has 312 valence electrons. The van der Waals surface area contributed by atoms with E-state index in [-0.39, 0.29) is 24.7 Å². The van der Waals surface area contributed by atoms with Crippen LogP contribution in [0.3, 0.4) is 0 Å². The minimum atomic E-state index is -5.16. The summed E-state index contributed by atoms with van der Waals surface area (Å²) in [5, 5.41) is 36.9. The van der Waals surface area contributed by atoms with E-state index >= 15 is 0 Å². The number of nitriles is 1. The lowest BCUT2D eigenvalue weighted by atomic mass is 9.91. The van der Waals surface area contributed by atoms with Gasteiger partial charge in [-0.15, -0.1) is 0 Å². The van der Waals surface area contributed by atoms with Crippen molar-refractivity contribution in [3.8, 4) is 6.07 Å². The van der Waals surface area contributed by atoms with Crippen molar-refractivity contribution < 1.29 is 47.7 Å². The number of nitrogens with two attached hydrogens (primary N) is 1. The molecule has 0 spiro atoms. The first-order valence-corrected chi connectivity index (χ1v) is 21.7. The Morgan fingerprint density at radius 3 is 2.09 bits per heavy atom. The van der Waals surface area contributed by atoms with E-state index < -0.39 is 56.2 Å². The van der Waals surface area contributed by atoms with Crippen molar-refractivity contribution in [2.75, 3.05) is 18.9 Å². The zero-order valence-electron chi connectivity index (χ0n) is 32.6. The Morgan fingerprint density at radius 2 is 1.52 bits per heavy atom. The van der Waals surface area contributed by atoms with Gasteiger partial charge in [0.2, 0.25) is 5.60 Å². The van der Waals surface area contributed by atoms with Crippen molar-refractivity contribution in [2.45, 2.75) is 159 Å². The van der Waals surface area contributed by atoms with Crippen molar-refractivity contribution in [3.05, 3.63) is 59.8 Å². The second-order valence-corrected chi connectivity index (χ2v) is 16.0. The fraction of sp³-hybridized carbons (Fsp3) is 0.675. The maximum atomic E-state index is 13.6. The highest BCUT2D eigenvalue weighted by molar-refractivity contribution is 7.46. The summed E-state index contributed by atoms with van der Waals surface area (Å²) >= 11 is 0. The van der Waals surface area contributed by atoms with Gasteiger partial charge in [0.1, 0.15) is 48.1 Å². The Morgan fingerprint density at radius 1 is 0.929 bits per heavy atom. The molecule has 1 aromatic carbocycles. The number of unbranched alkanes of at least 4 members (excludes halogenated alkanes) is 15. The normalized spacial score (nSPS) is 21.1. The van der Waals surface area contributed by atoms with Crippen LogP contribution >= 0.6 is 7.82 Å². The van der Waals surface area contributed by atoms with Gasteiger partial charge in [-0.3, -0.25) is 4.52 Å². The fourth-order valence-corrected chi connectivity index (χ4v) is 7.85. The average molecular weight is 806 g/mol. The molecule has 16 heteroatoms. The molecule has 14 nitrogen and oxygen atoms in total. The van der Waals surface area contributed by atoms with Gasteiger partial charge in [-0.05, 0) is 36.2 Å². The molecule has 1 fully saturated rings. The van der Waals surface area contributed by atoms with Crippen molar-refractivity contribution in [1.29, 1.82) is 5.26 Å². The topological polar surface area (TPSA) is 215 Å². The molecule has 3 heterocycles. The van der Waals surface area contributed by atoms with Crippen LogP contribution in [0, 0.1) is 17.1 Å². The molecule has 0 radical (unpaired) electrons. The molecule has 2 aromatic heterocycles. The fourth-order valence-electron chi connectivity index (χ4n) is 7.27. The van der Waals surface area contributed by atoms with Crippen LogP contribution in [0.5, 0.6) is 0 Å². The summed E-state index contributed by atoms with van der Waals surface area (Å²) in [7, 11) is -5.16. The van der Waals surface area contributed by atoms with Crippen molar-refractivity contribution >= 4 is 19.2 Å². The first kappa shape index (κ1) is 45.7. The number of rotatable bonds is 28. The summed E-state index contributed by atoms with van der Waals surface area (Å²) < 4.78 is 50.5. The molecule has 1 aliphatic heterocycles. The Labute approximate surface area is 329 Å². The molecule has 0 aliphatic carbocycles. The third kappa shape index (κ3) is 13.8. The molecule has 56 heavy (non-hydrogen) atoms. The molecule has 6 atom stereocenters. The maximum absolute atomic E-state index is 13.6. The number of ether oxygens (including phenoxy) is 3. The number of hydrogen-bond acceptors (Lipinski definition) is 11. The Balaban J connectivity index is 1.31. The van der Waals surface area contributed by atoms with Gasteiger partial charge >= 0.3 is 7.82 Å². The third-order valence-corrected chi connectivity index (χ3v) is 11.0. The Bertz CT molecular complexity index is 1670. The van der Waals surface area contributed by atoms with Crippen LogP contribution in [0.25, 0.3) is 5.52 Å². The Hall–Kier alpha value is -3.03. The van der Waals surface area contributed by atoms with Crippen LogP contribution in [0.4, 0.5) is 10.2 Å². The number of nitrogens with zero attached hydrogens (tertiary/aromatic N) is 4. The summed E-state index contributed by atoms with van der Waals surface area (Å²) in [5.41, 5.74) is 4.81. The first-order valence-electron chi connectivity index (χ1n) is 20.2. The quantitative estimate of drug-likeness (QED) is 0.0369. The molecule has 1 aliphatic rings. The molecular weight excluding hydrogens is 744 g/mol. The standard InChI is InChI=1S/C40H61FN5O9P/c1-2-3-4-5-6-7-8-9-10-11-12-13-14-15-16-17-24-52-27-35(53-26-30-18-20-31(41)21-19-30)33(55-56(49,50)51)25-34-37(47)38(48)40(28-42,54-34)36-23-22-32-39(43)44-29-45-46(32)36/h18-23,29,33-35,37-38,47-48H,2-17,24-27H2,1H3,(H2,43,44,45)(H2,49,50,51)/t33?,34-,35?,37-,38-,40+/m1/s1. The Kier molecular flexibility index (Phi) is 19.1. The number of anilines is 1. The molecule has 1 saturated heterocycles. The van der Waals surface area contributed by atoms with Gasteiger partial charge in [0.25, 0.3) is 0 Å². The molecule has 0 bridgehead atoms. The molecule has 0 amide bonds. The number of aromatic nitrogens is 3. The van der Waals surface area contributed by atoms with Crippen LogP contribution in [0.15, 0.2) is 42.7 Å². The van der Waals surface area contributed by atoms with Crippen LogP contribution in [-0.2, 0) is 35.5 Å². The van der Waals surface area contributed by atoms with Gasteiger partial charge in [0, 0.05) is 13.0 Å². The highest BCUT2D eigenvalue weighted by Crippen LogP contribution is 2.45. The number of hydrogen-bond donors (Lipinski definition) is 5. The van der Waals surface area contributed by atoms with Crippen molar-refractivity contribution in [1.82, 2.24) is 14.6 Å². The molecule has 0 saturated carbocycles. The number of aliphatic hydroxyl groups excluding tert-OH is 2. The number of aliphatic hydroxyl groups is 2. The van der Waals surface area contributed by atoms with Crippen LogP contribution in [-0.4, -0.2) is 78.3 Å². The summed E-state index contributed by atoms with van der Waals surface area (Å²) in [6.45, 7) is 2.39. The largest absolute Gasteiger partial charge is 0.469 e. The third-order valence-electron chi connectivity index (χ3n) is 10.4. The van der Waals surface area contributed by atoms with Crippen LogP contribution in [0.1, 0.15) is 127 Å². The van der Waals surface area contributed by atoms with Crippen LogP contribution in [0.2, 0.25) is 0 Å². The zero-order chi connectivity index (χ0) is 40.4. The lowest BCUT2D eigenvalue weighted by Gasteiger charge is -2.30. The van der Waals surface area contributed by atoms with E-state index in [1.165, 1.54) is 124 Å². The van der Waals surface area contributed by atoms with Crippen LogP contribution < -0.4 is 5.73 Å². The molecular formula is C40H61FN5O9P. The lowest BCUT2D eigenvalue weighted by Crippen LogP contribution is -2.42. The molecule has 4 rings (SSSR count). The van der Waals surface area contributed by atoms with E-state index in [1.807, 2.05) is 6.07 Å². The number of halogens is 1. The highest BCUT2D eigenvalue weighted by atomic mass is 31.2. The van der Waals surface area contributed by atoms with Gasteiger partial charge in [0.15, 0.2) is 5.82 Å². The number of nitrogen functional groups attached to an aromatic ring is 1. The summed E-state index contributed by atoms with van der Waals surface area (Å²) in [5.74, 6) is -0.327. The van der Waals surface area contributed by atoms with Gasteiger partial charge in [0.05, 0.1) is 25.0 Å². The summed E-state index contributed by atoms with van der Waals surface area (Å²) in [6, 6.07) is 10.5. The van der Waals surface area contributed by atoms with Crippen molar-refractivity contribution in [3.63, 3.8) is 0 Å². The summed E-state index contributed by atoms with van der Waals surface area (Å²) in [4.78, 5) is 23.8. The van der Waals surface area contributed by atoms with Gasteiger partial charge in [-0.2, -0.15) is 10.4 Å². The van der Waals surface area contributed by atoms with E-state index in [0.717, 1.165) is 25.7 Å². The van der Waals surface area contributed by atoms with E-state index in [4.69, 9.17) is 24.5 Å². The van der Waals surface area contributed by atoms with E-state index in [0.29, 0.717) is 17.7 Å². The first-order chi connectivity index (χ1) is 27.0. The second kappa shape index (κ2) is 23.4. The predicted octanol–water partition coefficient (Wildman–Crippen LogP) is 7.02. The summed E-state index contributed by atoms with van der Waals surface area (Å²) in [6.07, 6.45) is 13.1. The highest BCUT2D eigenvalue weighted by Gasteiger charge is 2.58. The maximum Gasteiger partial charge on any atom is 0.469 e. The minimum absolute atomic E-state index is 0.0665. The van der Waals surface area contributed by atoms with Gasteiger partial charge in [-0.1, -0.05) is 115 Å². The SMILES string of the molecule is CCCCCCCCCCCCCCCCCCOCC(OCc1ccc(F)cc1)C(C[C@H]1O[C@@](C#N)(c2ccc3c(N)ncnn23)[C@H](O)[C@@H]1O)OP(=O)(O)O. The predicted molar refractivity (Wildman–Crippen MR) is 208 cm³/mol. The molecule has 2 unspecified atom stereocenters. The van der Waals surface area contributed by atoms with E-state index in [1.54, 1.807) is 0 Å². The zero-order valence-corrected chi connectivity index (χ0v) is 33.5. The smallest absolute Gasteiger partial charge is 0.388 e. The monoisotopic (exact) mass is 805 g/mol. The number of benzene rings is 1. The molecule has 3 aromatic rings. The van der Waals surface area contributed by atoms with Gasteiger partial charge in [-0.25, -0.2) is 18.5 Å². The van der Waals surface area contributed by atoms with E-state index in [9.17, 15) is 34.2 Å². The minimum Gasteiger partial charge on any atom is -0.388 e. The molecule has 6 N–H and O–H groups in total. The van der Waals surface area contributed by atoms with Crippen molar-refractivity contribution in [2.24, 2.45) is 0 Å².